The fraction of sp³-hybridized carbons (Fsp3) is 0. The molecule has 0 atom stereocenters. The summed E-state index contributed by atoms with van der Waals surface area (Å²) in [6.45, 7) is 0. The molecule has 2 aromatic rings. The van der Waals surface area contributed by atoms with Gasteiger partial charge in [-0.15, -0.1) is 0 Å². The van der Waals surface area contributed by atoms with E-state index in [1.165, 1.54) is 12.1 Å². The Morgan fingerprint density at radius 2 is 2.17 bits per heavy atom. The predicted octanol–water partition coefficient (Wildman–Crippen LogP) is 2.94. The van der Waals surface area contributed by atoms with Crippen LogP contribution in [0, 0.1) is 5.82 Å². The van der Waals surface area contributed by atoms with Gasteiger partial charge in [-0.1, -0.05) is 0 Å². The third kappa shape index (κ3) is 2.65. The number of nitrogens with zero attached hydrogens (tertiary/aromatic N) is 1. The molecule has 0 bridgehead atoms. The number of phenols is 1. The molecule has 0 radical (unpaired) electrons. The molecule has 0 saturated heterocycles. The number of nitrogens with one attached hydrogen (secondary N) is 1. The summed E-state index contributed by atoms with van der Waals surface area (Å²) in [6, 6.07) is 6.82. The number of pyridine rings is 1. The number of anilines is 1. The number of halogens is 2. The van der Waals surface area contributed by atoms with Crippen LogP contribution in [0.15, 0.2) is 41.1 Å². The summed E-state index contributed by atoms with van der Waals surface area (Å²) in [5, 5.41) is 11.5. The SMILES string of the molecule is O=C(Nc1ccc(O)c(F)c1)c1cccnc1Br. The van der Waals surface area contributed by atoms with Crippen molar-refractivity contribution < 1.29 is 14.3 Å². The van der Waals surface area contributed by atoms with Crippen LogP contribution in [0.3, 0.4) is 0 Å². The van der Waals surface area contributed by atoms with Gasteiger partial charge in [0.1, 0.15) is 4.60 Å². The molecule has 6 heteroatoms. The number of hydrogen-bond acceptors (Lipinski definition) is 3. The Morgan fingerprint density at radius 3 is 2.83 bits per heavy atom. The van der Waals surface area contributed by atoms with Gasteiger partial charge >= 0.3 is 0 Å². The van der Waals surface area contributed by atoms with Gasteiger partial charge in [0.25, 0.3) is 5.91 Å². The minimum Gasteiger partial charge on any atom is -0.505 e. The van der Waals surface area contributed by atoms with E-state index < -0.39 is 17.5 Å². The minimum atomic E-state index is -0.793. The molecule has 18 heavy (non-hydrogen) atoms. The number of carbonyl (C=O) groups excluding carboxylic acids is 1. The van der Waals surface area contributed by atoms with Crippen molar-refractivity contribution in [3.8, 4) is 5.75 Å². The average molecular weight is 311 g/mol. The molecule has 2 rings (SSSR count). The van der Waals surface area contributed by atoms with Crippen LogP contribution in [0.5, 0.6) is 5.75 Å². The molecule has 0 aliphatic carbocycles. The highest BCUT2D eigenvalue weighted by Crippen LogP contribution is 2.21. The molecule has 0 aliphatic heterocycles. The third-order valence-electron chi connectivity index (χ3n) is 2.21. The van der Waals surface area contributed by atoms with Gasteiger partial charge in [0.05, 0.1) is 5.56 Å². The number of benzene rings is 1. The molecule has 1 aromatic carbocycles. The van der Waals surface area contributed by atoms with Crippen molar-refractivity contribution in [3.63, 3.8) is 0 Å². The zero-order valence-electron chi connectivity index (χ0n) is 9.02. The number of phenolic OH excluding ortho intramolecular Hbond substituents is 1. The van der Waals surface area contributed by atoms with Gasteiger partial charge in [0, 0.05) is 18.0 Å². The van der Waals surface area contributed by atoms with Gasteiger partial charge in [-0.2, -0.15) is 0 Å². The highest BCUT2D eigenvalue weighted by atomic mass is 79.9. The number of rotatable bonds is 2. The highest BCUT2D eigenvalue weighted by Gasteiger charge is 2.11. The second-order valence-electron chi connectivity index (χ2n) is 3.46. The standard InChI is InChI=1S/C12H8BrFN2O2/c13-11-8(2-1-5-15-11)12(18)16-7-3-4-10(17)9(14)6-7/h1-6,17H,(H,16,18). The van der Waals surface area contributed by atoms with Gasteiger partial charge in [-0.3, -0.25) is 4.79 Å². The number of carbonyl (C=O) groups is 1. The summed E-state index contributed by atoms with van der Waals surface area (Å²) in [5.74, 6) is -1.67. The Balaban J connectivity index is 2.22. The number of aromatic hydroxyl groups is 1. The second kappa shape index (κ2) is 5.14. The summed E-state index contributed by atoms with van der Waals surface area (Å²) in [6.07, 6.45) is 1.54. The maximum atomic E-state index is 13.1. The lowest BCUT2D eigenvalue weighted by Crippen LogP contribution is -2.13. The van der Waals surface area contributed by atoms with E-state index in [2.05, 4.69) is 26.2 Å². The van der Waals surface area contributed by atoms with E-state index in [1.54, 1.807) is 18.3 Å². The van der Waals surface area contributed by atoms with Gasteiger partial charge in [0.2, 0.25) is 0 Å². The van der Waals surface area contributed by atoms with E-state index in [0.717, 1.165) is 6.07 Å². The Labute approximate surface area is 111 Å². The van der Waals surface area contributed by atoms with Crippen molar-refractivity contribution in [2.75, 3.05) is 5.32 Å². The number of aromatic nitrogens is 1. The molecule has 0 aliphatic rings. The average Bonchev–Trinajstić information content (AvgIpc) is 2.34. The molecule has 1 aromatic heterocycles. The molecule has 1 amide bonds. The van der Waals surface area contributed by atoms with Crippen molar-refractivity contribution in [1.82, 2.24) is 4.98 Å². The molecular weight excluding hydrogens is 303 g/mol. The Bertz CT molecular complexity index is 604. The molecule has 0 spiro atoms. The predicted molar refractivity (Wildman–Crippen MR) is 68.0 cm³/mol. The first-order chi connectivity index (χ1) is 8.58. The van der Waals surface area contributed by atoms with E-state index in [4.69, 9.17) is 5.11 Å². The maximum absolute atomic E-state index is 13.1. The molecular formula is C12H8BrFN2O2. The van der Waals surface area contributed by atoms with Crippen molar-refractivity contribution in [2.45, 2.75) is 0 Å². The van der Waals surface area contributed by atoms with Gasteiger partial charge in [0.15, 0.2) is 11.6 Å². The van der Waals surface area contributed by atoms with Crippen LogP contribution >= 0.6 is 15.9 Å². The zero-order valence-corrected chi connectivity index (χ0v) is 10.6. The molecule has 0 saturated carbocycles. The van der Waals surface area contributed by atoms with Crippen LogP contribution in [-0.2, 0) is 0 Å². The Hall–Kier alpha value is -1.95. The van der Waals surface area contributed by atoms with E-state index in [-0.39, 0.29) is 5.69 Å². The molecule has 1 heterocycles. The van der Waals surface area contributed by atoms with Gasteiger partial charge in [-0.05, 0) is 40.2 Å². The summed E-state index contributed by atoms with van der Waals surface area (Å²) < 4.78 is 13.5. The van der Waals surface area contributed by atoms with Crippen LogP contribution < -0.4 is 5.32 Å². The first kappa shape index (κ1) is 12.5. The Morgan fingerprint density at radius 1 is 1.39 bits per heavy atom. The Kier molecular flexibility index (Phi) is 3.57. The van der Waals surface area contributed by atoms with Crippen molar-refractivity contribution in [2.24, 2.45) is 0 Å². The lowest BCUT2D eigenvalue weighted by molar-refractivity contribution is 0.102. The van der Waals surface area contributed by atoms with Crippen LogP contribution in [0.1, 0.15) is 10.4 Å². The fourth-order valence-electron chi connectivity index (χ4n) is 1.34. The lowest BCUT2D eigenvalue weighted by atomic mass is 10.2. The summed E-state index contributed by atoms with van der Waals surface area (Å²) in [4.78, 5) is 15.8. The summed E-state index contributed by atoms with van der Waals surface area (Å²) in [5.41, 5.74) is 0.594. The molecule has 2 N–H and O–H groups in total. The third-order valence-corrected chi connectivity index (χ3v) is 2.84. The van der Waals surface area contributed by atoms with E-state index >= 15 is 0 Å². The smallest absolute Gasteiger partial charge is 0.258 e. The van der Waals surface area contributed by atoms with Crippen molar-refractivity contribution in [3.05, 3.63) is 52.5 Å². The molecule has 0 fully saturated rings. The fourth-order valence-corrected chi connectivity index (χ4v) is 1.77. The maximum Gasteiger partial charge on any atom is 0.258 e. The quantitative estimate of drug-likeness (QED) is 0.662. The van der Waals surface area contributed by atoms with Crippen molar-refractivity contribution >= 4 is 27.5 Å². The summed E-state index contributed by atoms with van der Waals surface area (Å²) >= 11 is 3.15. The van der Waals surface area contributed by atoms with E-state index in [9.17, 15) is 9.18 Å². The monoisotopic (exact) mass is 310 g/mol. The zero-order chi connectivity index (χ0) is 13.1. The van der Waals surface area contributed by atoms with E-state index in [1.807, 2.05) is 0 Å². The highest BCUT2D eigenvalue weighted by molar-refractivity contribution is 9.10. The normalized spacial score (nSPS) is 10.1. The largest absolute Gasteiger partial charge is 0.505 e. The lowest BCUT2D eigenvalue weighted by Gasteiger charge is -2.06. The first-order valence-corrected chi connectivity index (χ1v) is 5.77. The number of hydrogen-bond donors (Lipinski definition) is 2. The van der Waals surface area contributed by atoms with Crippen LogP contribution in [-0.4, -0.2) is 16.0 Å². The van der Waals surface area contributed by atoms with Crippen LogP contribution in [0.4, 0.5) is 10.1 Å². The number of amides is 1. The summed E-state index contributed by atoms with van der Waals surface area (Å²) in [7, 11) is 0. The topological polar surface area (TPSA) is 62.2 Å². The second-order valence-corrected chi connectivity index (χ2v) is 4.21. The molecule has 0 unspecified atom stereocenters. The minimum absolute atomic E-state index is 0.256. The van der Waals surface area contributed by atoms with Gasteiger partial charge < -0.3 is 10.4 Å². The van der Waals surface area contributed by atoms with Gasteiger partial charge in [-0.25, -0.2) is 9.37 Å². The van der Waals surface area contributed by atoms with Crippen LogP contribution in [0.25, 0.3) is 0 Å². The first-order valence-electron chi connectivity index (χ1n) is 4.98. The van der Waals surface area contributed by atoms with E-state index in [0.29, 0.717) is 10.2 Å². The van der Waals surface area contributed by atoms with Crippen molar-refractivity contribution in [1.29, 1.82) is 0 Å². The molecule has 4 nitrogen and oxygen atoms in total. The molecule has 92 valence electrons. The van der Waals surface area contributed by atoms with Crippen LogP contribution in [0.2, 0.25) is 0 Å².